The van der Waals surface area contributed by atoms with Crippen LogP contribution < -0.4 is 9.64 Å². The molecule has 2 aromatic rings. The predicted molar refractivity (Wildman–Crippen MR) is 97.4 cm³/mol. The van der Waals surface area contributed by atoms with Crippen molar-refractivity contribution in [1.82, 2.24) is 0 Å². The van der Waals surface area contributed by atoms with Gasteiger partial charge in [-0.2, -0.15) is 0 Å². The van der Waals surface area contributed by atoms with Crippen molar-refractivity contribution in [2.45, 2.75) is 13.0 Å². The molecule has 2 amide bonds. The van der Waals surface area contributed by atoms with Gasteiger partial charge in [-0.3, -0.25) is 9.59 Å². The number of nitrogens with zero attached hydrogens (tertiary/aromatic N) is 1. The van der Waals surface area contributed by atoms with E-state index in [-0.39, 0.29) is 35.5 Å². The van der Waals surface area contributed by atoms with Gasteiger partial charge in [0.05, 0.1) is 17.5 Å². The van der Waals surface area contributed by atoms with Crippen molar-refractivity contribution in [2.75, 3.05) is 4.90 Å². The number of anilines is 1. The van der Waals surface area contributed by atoms with Crippen LogP contribution >= 0.6 is 0 Å². The molecule has 3 aliphatic rings. The van der Waals surface area contributed by atoms with Crippen molar-refractivity contribution in [3.8, 4) is 5.75 Å². The molecule has 4 atom stereocenters. The van der Waals surface area contributed by atoms with Crippen molar-refractivity contribution in [1.29, 1.82) is 0 Å². The second kappa shape index (κ2) is 5.84. The first kappa shape index (κ1) is 15.4. The number of hydrogen-bond acceptors (Lipinski definition) is 3. The molecule has 130 valence electrons. The Bertz CT molecular complexity index is 875. The molecule has 1 heterocycles. The van der Waals surface area contributed by atoms with E-state index >= 15 is 0 Å². The Kier molecular flexibility index (Phi) is 3.45. The second-order valence-corrected chi connectivity index (χ2v) is 7.28. The Hall–Kier alpha value is -2.88. The van der Waals surface area contributed by atoms with Crippen molar-refractivity contribution < 1.29 is 14.3 Å². The highest BCUT2D eigenvalue weighted by atomic mass is 16.5. The Labute approximate surface area is 152 Å². The molecule has 1 aliphatic heterocycles. The molecule has 4 heteroatoms. The van der Waals surface area contributed by atoms with Crippen molar-refractivity contribution >= 4 is 17.5 Å². The first-order valence-electron chi connectivity index (χ1n) is 9.05. The Morgan fingerprint density at radius 3 is 2.27 bits per heavy atom. The number of ether oxygens (including phenoxy) is 1. The zero-order chi connectivity index (χ0) is 17.7. The van der Waals surface area contributed by atoms with E-state index in [0.717, 1.165) is 12.0 Å². The van der Waals surface area contributed by atoms with Crippen molar-refractivity contribution in [2.24, 2.45) is 23.7 Å². The monoisotopic (exact) mass is 345 g/mol. The molecule has 0 N–H and O–H groups in total. The van der Waals surface area contributed by atoms with Gasteiger partial charge in [0.25, 0.3) is 0 Å². The maximum Gasteiger partial charge on any atom is 0.238 e. The van der Waals surface area contributed by atoms with Gasteiger partial charge in [0.15, 0.2) is 0 Å². The smallest absolute Gasteiger partial charge is 0.238 e. The molecule has 0 spiro atoms. The fourth-order valence-electron chi connectivity index (χ4n) is 4.61. The van der Waals surface area contributed by atoms with Crippen LogP contribution in [-0.2, 0) is 16.2 Å². The Morgan fingerprint density at radius 2 is 1.58 bits per heavy atom. The fourth-order valence-corrected chi connectivity index (χ4v) is 4.61. The number of rotatable bonds is 4. The number of carbonyl (C=O) groups is 2. The minimum absolute atomic E-state index is 0.0583. The van der Waals surface area contributed by atoms with Crippen LogP contribution in [0.1, 0.15) is 12.0 Å². The molecule has 2 bridgehead atoms. The highest BCUT2D eigenvalue weighted by Crippen LogP contribution is 2.53. The Balaban J connectivity index is 1.38. The lowest BCUT2D eigenvalue weighted by atomic mass is 9.85. The molecule has 2 fully saturated rings. The van der Waals surface area contributed by atoms with Crippen LogP contribution in [0.4, 0.5) is 5.69 Å². The second-order valence-electron chi connectivity index (χ2n) is 7.28. The summed E-state index contributed by atoms with van der Waals surface area (Å²) in [4.78, 5) is 27.2. The standard InChI is InChI=1S/C22H19NO3/c24-21-19-15-9-10-16(11-15)20(19)22(25)23(21)17-7-4-8-18(12-17)26-13-14-5-2-1-3-6-14/h1-10,12,15-16,19-20H,11,13H2. The first-order chi connectivity index (χ1) is 12.7. The van der Waals surface area contributed by atoms with Crippen LogP contribution in [0.5, 0.6) is 5.75 Å². The summed E-state index contributed by atoms with van der Waals surface area (Å²) in [6.07, 6.45) is 5.17. The molecule has 2 aliphatic carbocycles. The maximum atomic E-state index is 12.9. The van der Waals surface area contributed by atoms with Gasteiger partial charge in [-0.15, -0.1) is 0 Å². The summed E-state index contributed by atoms with van der Waals surface area (Å²) in [5, 5.41) is 0. The van der Waals surface area contributed by atoms with Gasteiger partial charge in [-0.05, 0) is 36.0 Å². The number of amides is 2. The zero-order valence-corrected chi connectivity index (χ0v) is 14.2. The largest absolute Gasteiger partial charge is 0.489 e. The number of hydrogen-bond donors (Lipinski definition) is 0. The zero-order valence-electron chi connectivity index (χ0n) is 14.2. The van der Waals surface area contributed by atoms with E-state index in [9.17, 15) is 9.59 Å². The molecular formula is C22H19NO3. The van der Waals surface area contributed by atoms with Crippen LogP contribution in [-0.4, -0.2) is 11.8 Å². The number of allylic oxidation sites excluding steroid dienone is 2. The van der Waals surface area contributed by atoms with E-state index in [0.29, 0.717) is 18.0 Å². The lowest BCUT2D eigenvalue weighted by Crippen LogP contribution is -2.32. The molecule has 5 rings (SSSR count). The molecule has 4 nitrogen and oxygen atoms in total. The molecule has 0 radical (unpaired) electrons. The summed E-state index contributed by atoms with van der Waals surface area (Å²) < 4.78 is 5.85. The highest BCUT2D eigenvalue weighted by Gasteiger charge is 2.59. The van der Waals surface area contributed by atoms with Crippen LogP contribution in [0.25, 0.3) is 0 Å². The van der Waals surface area contributed by atoms with E-state index in [1.807, 2.05) is 48.5 Å². The summed E-state index contributed by atoms with van der Waals surface area (Å²) in [6, 6.07) is 17.2. The van der Waals surface area contributed by atoms with Gasteiger partial charge >= 0.3 is 0 Å². The molecule has 26 heavy (non-hydrogen) atoms. The lowest BCUT2D eigenvalue weighted by molar-refractivity contribution is -0.123. The van der Waals surface area contributed by atoms with Crippen LogP contribution in [0.15, 0.2) is 66.7 Å². The fraction of sp³-hybridized carbons (Fsp3) is 0.273. The van der Waals surface area contributed by atoms with Gasteiger partial charge in [-0.25, -0.2) is 4.90 Å². The summed E-state index contributed by atoms with van der Waals surface area (Å²) in [5.74, 6) is 0.643. The molecule has 1 saturated carbocycles. The topological polar surface area (TPSA) is 46.6 Å². The minimum Gasteiger partial charge on any atom is -0.489 e. The summed E-state index contributed by atoms with van der Waals surface area (Å²) in [6.45, 7) is 0.450. The van der Waals surface area contributed by atoms with Crippen LogP contribution in [0.2, 0.25) is 0 Å². The van der Waals surface area contributed by atoms with Gasteiger partial charge in [0.1, 0.15) is 12.4 Å². The molecule has 0 aromatic heterocycles. The normalized spacial score (nSPS) is 28.7. The molecule has 1 saturated heterocycles. The van der Waals surface area contributed by atoms with Gasteiger partial charge < -0.3 is 4.74 Å². The summed E-state index contributed by atoms with van der Waals surface area (Å²) >= 11 is 0. The number of carbonyl (C=O) groups excluding carboxylic acids is 2. The van der Waals surface area contributed by atoms with E-state index in [1.165, 1.54) is 4.90 Å². The van der Waals surface area contributed by atoms with Gasteiger partial charge in [-0.1, -0.05) is 48.6 Å². The average molecular weight is 345 g/mol. The summed E-state index contributed by atoms with van der Waals surface area (Å²) in [5.41, 5.74) is 1.68. The maximum absolute atomic E-state index is 12.9. The van der Waals surface area contributed by atoms with E-state index in [2.05, 4.69) is 12.2 Å². The average Bonchev–Trinajstić information content (AvgIpc) is 3.35. The van der Waals surface area contributed by atoms with E-state index < -0.39 is 0 Å². The highest BCUT2D eigenvalue weighted by molar-refractivity contribution is 6.22. The lowest BCUT2D eigenvalue weighted by Gasteiger charge is -2.18. The van der Waals surface area contributed by atoms with Gasteiger partial charge in [0, 0.05) is 6.07 Å². The van der Waals surface area contributed by atoms with Crippen molar-refractivity contribution in [3.05, 3.63) is 72.3 Å². The first-order valence-corrected chi connectivity index (χ1v) is 9.05. The molecule has 4 unspecified atom stereocenters. The third-order valence-corrected chi connectivity index (χ3v) is 5.79. The quantitative estimate of drug-likeness (QED) is 0.629. The van der Waals surface area contributed by atoms with Crippen LogP contribution in [0, 0.1) is 23.7 Å². The third kappa shape index (κ3) is 2.29. The third-order valence-electron chi connectivity index (χ3n) is 5.79. The van der Waals surface area contributed by atoms with E-state index in [4.69, 9.17) is 4.74 Å². The number of fused-ring (bicyclic) bond motifs is 5. The number of imide groups is 1. The summed E-state index contributed by atoms with van der Waals surface area (Å²) in [7, 11) is 0. The minimum atomic E-state index is -0.175. The van der Waals surface area contributed by atoms with Gasteiger partial charge in [0.2, 0.25) is 11.8 Å². The molecule has 2 aromatic carbocycles. The predicted octanol–water partition coefficient (Wildman–Crippen LogP) is 3.58. The molecular weight excluding hydrogens is 326 g/mol. The van der Waals surface area contributed by atoms with Crippen molar-refractivity contribution in [3.63, 3.8) is 0 Å². The van der Waals surface area contributed by atoms with E-state index in [1.54, 1.807) is 6.07 Å². The SMILES string of the molecule is O=C1C2C3C=CC(C3)C2C(=O)N1c1cccc(OCc2ccccc2)c1. The number of benzene rings is 2. The Morgan fingerprint density at radius 1 is 0.885 bits per heavy atom. The van der Waals surface area contributed by atoms with Crippen LogP contribution in [0.3, 0.4) is 0 Å².